The predicted molar refractivity (Wildman–Crippen MR) is 132 cm³/mol. The molecule has 1 amide bonds. The van der Waals surface area contributed by atoms with Gasteiger partial charge < -0.3 is 5.11 Å². The number of carbonyl (C=O) groups is 2. The molecule has 1 aliphatic heterocycles. The van der Waals surface area contributed by atoms with Gasteiger partial charge in [0.25, 0.3) is 5.91 Å². The average molecular weight is 525 g/mol. The molecular weight excluding hydrogens is 508 g/mol. The highest BCUT2D eigenvalue weighted by molar-refractivity contribution is 9.10. The fourth-order valence-electron chi connectivity index (χ4n) is 3.82. The first-order valence-corrected chi connectivity index (χ1v) is 12.5. The number of hydrogen-bond donors (Lipinski definition) is 1. The lowest BCUT2D eigenvalue weighted by Crippen LogP contribution is -2.30. The summed E-state index contributed by atoms with van der Waals surface area (Å²) in [7, 11) is 0. The minimum Gasteiger partial charge on any atom is -0.503 e. The van der Waals surface area contributed by atoms with E-state index < -0.39 is 17.7 Å². The van der Waals surface area contributed by atoms with E-state index >= 15 is 0 Å². The summed E-state index contributed by atoms with van der Waals surface area (Å²) in [6.07, 6.45) is 0.898. The van der Waals surface area contributed by atoms with Gasteiger partial charge in [-0.05, 0) is 53.3 Å². The van der Waals surface area contributed by atoms with Gasteiger partial charge in [0.15, 0.2) is 10.9 Å². The van der Waals surface area contributed by atoms with Crippen LogP contribution in [0.15, 0.2) is 75.8 Å². The number of aliphatic hydroxyl groups is 1. The summed E-state index contributed by atoms with van der Waals surface area (Å²) in [5.74, 6) is -1.49. The van der Waals surface area contributed by atoms with Crippen LogP contribution in [0, 0.1) is 0 Å². The molecule has 1 aliphatic rings. The molecule has 2 aromatic heterocycles. The van der Waals surface area contributed by atoms with E-state index in [1.54, 1.807) is 17.5 Å². The number of anilines is 1. The first-order valence-electron chi connectivity index (χ1n) is 9.97. The molecule has 2 aromatic carbocycles. The van der Waals surface area contributed by atoms with E-state index in [0.717, 1.165) is 26.7 Å². The molecule has 1 atom stereocenters. The largest absolute Gasteiger partial charge is 0.503 e. The summed E-state index contributed by atoms with van der Waals surface area (Å²) in [5.41, 5.74) is 2.76. The minimum atomic E-state index is -0.767. The Morgan fingerprint density at radius 2 is 1.97 bits per heavy atom. The summed E-state index contributed by atoms with van der Waals surface area (Å²) < 4.78 is 1.84. The SMILES string of the molecule is CCc1ccc2nc(N3C(=O)C(O)=C(C(=O)c4cccs4)[C@@H]3c3ccc(Br)cc3)sc2c1. The zero-order valence-electron chi connectivity index (χ0n) is 16.9. The summed E-state index contributed by atoms with van der Waals surface area (Å²) in [6, 6.07) is 16.1. The Morgan fingerprint density at radius 3 is 2.66 bits per heavy atom. The van der Waals surface area contributed by atoms with Crippen molar-refractivity contribution in [2.45, 2.75) is 19.4 Å². The maximum atomic E-state index is 13.3. The smallest absolute Gasteiger partial charge is 0.296 e. The third kappa shape index (κ3) is 3.48. The van der Waals surface area contributed by atoms with Gasteiger partial charge >= 0.3 is 0 Å². The molecule has 3 heterocycles. The number of ketones is 1. The standard InChI is InChI=1S/C24H17BrN2O3S2/c1-2-13-5-10-16-18(12-13)32-24(26-16)27-20(14-6-8-15(25)9-7-14)19(22(29)23(27)30)21(28)17-4-3-11-31-17/h3-12,20,29H,2H2,1H3/t20-/m0/s1. The lowest BCUT2D eigenvalue weighted by atomic mass is 9.96. The van der Waals surface area contributed by atoms with E-state index in [2.05, 4.69) is 33.9 Å². The van der Waals surface area contributed by atoms with Gasteiger partial charge in [0, 0.05) is 4.47 Å². The second-order valence-corrected chi connectivity index (χ2v) is 10.2. The molecule has 32 heavy (non-hydrogen) atoms. The van der Waals surface area contributed by atoms with E-state index in [4.69, 9.17) is 0 Å². The van der Waals surface area contributed by atoms with Crippen LogP contribution < -0.4 is 4.90 Å². The van der Waals surface area contributed by atoms with Crippen LogP contribution in [0.3, 0.4) is 0 Å². The number of thiazole rings is 1. The molecule has 0 fully saturated rings. The Hall–Kier alpha value is -2.81. The molecule has 0 saturated heterocycles. The molecule has 8 heteroatoms. The van der Waals surface area contributed by atoms with E-state index in [9.17, 15) is 14.7 Å². The monoisotopic (exact) mass is 524 g/mol. The molecule has 0 radical (unpaired) electrons. The number of hydrogen-bond acceptors (Lipinski definition) is 6. The van der Waals surface area contributed by atoms with Crippen molar-refractivity contribution < 1.29 is 14.7 Å². The van der Waals surface area contributed by atoms with Crippen LogP contribution in [0.4, 0.5) is 5.13 Å². The maximum Gasteiger partial charge on any atom is 0.296 e. The molecule has 1 N–H and O–H groups in total. The average Bonchev–Trinajstić information content (AvgIpc) is 3.52. The summed E-state index contributed by atoms with van der Waals surface area (Å²) >= 11 is 6.09. The molecule has 160 valence electrons. The number of aliphatic hydroxyl groups excluding tert-OH is 1. The first-order chi connectivity index (χ1) is 15.5. The van der Waals surface area contributed by atoms with Crippen LogP contribution in [0.1, 0.15) is 33.8 Å². The molecular formula is C24H17BrN2O3S2. The van der Waals surface area contributed by atoms with E-state index in [0.29, 0.717) is 10.0 Å². The zero-order chi connectivity index (χ0) is 22.4. The quantitative estimate of drug-likeness (QED) is 0.304. The van der Waals surface area contributed by atoms with Gasteiger partial charge in [-0.25, -0.2) is 4.98 Å². The van der Waals surface area contributed by atoms with Gasteiger partial charge in [-0.1, -0.05) is 58.5 Å². The summed E-state index contributed by atoms with van der Waals surface area (Å²) in [4.78, 5) is 33.2. The van der Waals surface area contributed by atoms with Crippen molar-refractivity contribution in [3.8, 4) is 0 Å². The Bertz CT molecular complexity index is 1370. The maximum absolute atomic E-state index is 13.3. The highest BCUT2D eigenvalue weighted by Gasteiger charge is 2.46. The van der Waals surface area contributed by atoms with Crippen molar-refractivity contribution in [1.82, 2.24) is 4.98 Å². The van der Waals surface area contributed by atoms with Crippen molar-refractivity contribution in [3.05, 3.63) is 91.8 Å². The summed E-state index contributed by atoms with van der Waals surface area (Å²) in [6.45, 7) is 2.08. The second kappa shape index (κ2) is 8.27. The van der Waals surface area contributed by atoms with Gasteiger partial charge in [0.2, 0.25) is 5.78 Å². The molecule has 5 rings (SSSR count). The van der Waals surface area contributed by atoms with Crippen molar-refractivity contribution in [3.63, 3.8) is 0 Å². The topological polar surface area (TPSA) is 70.5 Å². The first kappa shape index (κ1) is 21.1. The minimum absolute atomic E-state index is 0.0771. The highest BCUT2D eigenvalue weighted by Crippen LogP contribution is 2.44. The van der Waals surface area contributed by atoms with Crippen LogP contribution in [0.2, 0.25) is 0 Å². The number of nitrogens with zero attached hydrogens (tertiary/aromatic N) is 2. The van der Waals surface area contributed by atoms with Crippen molar-refractivity contribution in [2.24, 2.45) is 0 Å². The number of aryl methyl sites for hydroxylation is 1. The number of carbonyl (C=O) groups excluding carboxylic acids is 2. The normalized spacial score (nSPS) is 16.4. The number of aromatic nitrogens is 1. The van der Waals surface area contributed by atoms with Gasteiger partial charge in [-0.15, -0.1) is 11.3 Å². The predicted octanol–water partition coefficient (Wildman–Crippen LogP) is 6.47. The number of fused-ring (bicyclic) bond motifs is 1. The van der Waals surface area contributed by atoms with Gasteiger partial charge in [0.1, 0.15) is 0 Å². The van der Waals surface area contributed by atoms with Crippen LogP contribution >= 0.6 is 38.6 Å². The third-order valence-corrected chi connectivity index (χ3v) is 7.85. The van der Waals surface area contributed by atoms with Crippen LogP contribution in [0.5, 0.6) is 0 Å². The summed E-state index contributed by atoms with van der Waals surface area (Å²) in [5, 5.41) is 13.1. The van der Waals surface area contributed by atoms with Crippen molar-refractivity contribution in [1.29, 1.82) is 0 Å². The fourth-order valence-corrected chi connectivity index (χ4v) is 5.81. The number of rotatable bonds is 5. The number of benzene rings is 2. The molecule has 0 bridgehead atoms. The molecule has 5 nitrogen and oxygen atoms in total. The Balaban J connectivity index is 1.67. The van der Waals surface area contributed by atoms with Crippen molar-refractivity contribution in [2.75, 3.05) is 4.90 Å². The van der Waals surface area contributed by atoms with Crippen LogP contribution in [0.25, 0.3) is 10.2 Å². The van der Waals surface area contributed by atoms with E-state index in [-0.39, 0.29) is 11.4 Å². The second-order valence-electron chi connectivity index (χ2n) is 7.35. The lowest BCUT2D eigenvalue weighted by Gasteiger charge is -2.24. The number of thiophene rings is 1. The van der Waals surface area contributed by atoms with Gasteiger partial charge in [-0.2, -0.15) is 0 Å². The Labute approximate surface area is 200 Å². The van der Waals surface area contributed by atoms with E-state index in [1.807, 2.05) is 36.4 Å². The highest BCUT2D eigenvalue weighted by atomic mass is 79.9. The van der Waals surface area contributed by atoms with E-state index in [1.165, 1.54) is 33.1 Å². The van der Waals surface area contributed by atoms with Gasteiger partial charge in [0.05, 0.1) is 26.7 Å². The Kier molecular flexibility index (Phi) is 5.44. The molecule has 0 spiro atoms. The fraction of sp³-hybridized carbons (Fsp3) is 0.125. The van der Waals surface area contributed by atoms with Crippen molar-refractivity contribution >= 4 is 65.6 Å². The lowest BCUT2D eigenvalue weighted by molar-refractivity contribution is -0.117. The number of amides is 1. The molecule has 0 aliphatic carbocycles. The zero-order valence-corrected chi connectivity index (χ0v) is 20.1. The third-order valence-electron chi connectivity index (χ3n) is 5.44. The van der Waals surface area contributed by atoms with Crippen LogP contribution in [-0.2, 0) is 11.2 Å². The van der Waals surface area contributed by atoms with Gasteiger partial charge in [-0.3, -0.25) is 14.5 Å². The molecule has 4 aromatic rings. The number of Topliss-reactive ketones (excluding diaryl/α,β-unsaturated/α-hetero) is 1. The Morgan fingerprint density at radius 1 is 1.19 bits per heavy atom. The molecule has 0 unspecified atom stereocenters. The molecule has 0 saturated carbocycles. The van der Waals surface area contributed by atoms with Crippen LogP contribution in [-0.4, -0.2) is 21.8 Å². The number of halogens is 1.